The Balaban J connectivity index is 2.02. The van der Waals surface area contributed by atoms with Crippen molar-refractivity contribution in [1.82, 2.24) is 5.32 Å². The van der Waals surface area contributed by atoms with Crippen LogP contribution in [0.4, 0.5) is 5.69 Å². The Morgan fingerprint density at radius 1 is 0.909 bits per heavy atom. The summed E-state index contributed by atoms with van der Waals surface area (Å²) in [7, 11) is 0. The van der Waals surface area contributed by atoms with Gasteiger partial charge in [0.25, 0.3) is 11.8 Å². The predicted octanol–water partition coefficient (Wildman–Crippen LogP) is 2.52. The molecule has 0 aromatic heterocycles. The zero-order valence-corrected chi connectivity index (χ0v) is 12.3. The van der Waals surface area contributed by atoms with Crippen LogP contribution < -0.4 is 10.2 Å². The average molecular weight is 308 g/mol. The van der Waals surface area contributed by atoms with Gasteiger partial charge in [-0.3, -0.25) is 19.8 Å². The van der Waals surface area contributed by atoms with Gasteiger partial charge in [-0.1, -0.05) is 48.5 Å². The zero-order chi connectivity index (χ0) is 15.5. The average Bonchev–Trinajstić information content (AvgIpc) is 2.53. The molecule has 4 nitrogen and oxygen atoms in total. The molecule has 22 heavy (non-hydrogen) atoms. The van der Waals surface area contributed by atoms with Crippen LogP contribution in [0.3, 0.4) is 0 Å². The third kappa shape index (κ3) is 2.66. The highest BCUT2D eigenvalue weighted by Crippen LogP contribution is 2.21. The van der Waals surface area contributed by atoms with Gasteiger partial charge >= 0.3 is 0 Å². The van der Waals surface area contributed by atoms with Crippen molar-refractivity contribution in [1.29, 1.82) is 0 Å². The maximum absolute atomic E-state index is 12.7. The Kier molecular flexibility index (Phi) is 3.80. The number of hydrogen-bond acceptors (Lipinski definition) is 3. The number of carbonyl (C=O) groups is 2. The summed E-state index contributed by atoms with van der Waals surface area (Å²) in [5, 5.41) is 2.65. The number of rotatable bonds is 2. The maximum Gasteiger partial charge on any atom is 0.270 e. The van der Waals surface area contributed by atoms with Gasteiger partial charge in [-0.05, 0) is 36.0 Å². The Morgan fingerprint density at radius 2 is 1.50 bits per heavy atom. The summed E-state index contributed by atoms with van der Waals surface area (Å²) in [6.07, 6.45) is 1.56. The Bertz CT molecular complexity index is 770. The van der Waals surface area contributed by atoms with E-state index in [2.05, 4.69) is 5.32 Å². The van der Waals surface area contributed by atoms with Gasteiger partial charge in [0.15, 0.2) is 5.11 Å². The highest BCUT2D eigenvalue weighted by atomic mass is 32.1. The van der Waals surface area contributed by atoms with Gasteiger partial charge in [0.05, 0.1) is 5.69 Å². The molecular weight excluding hydrogens is 296 g/mol. The van der Waals surface area contributed by atoms with Crippen LogP contribution in [0.5, 0.6) is 0 Å². The normalized spacial score (nSPS) is 16.8. The van der Waals surface area contributed by atoms with Gasteiger partial charge in [-0.15, -0.1) is 0 Å². The molecule has 0 aliphatic carbocycles. The van der Waals surface area contributed by atoms with E-state index in [0.717, 1.165) is 5.56 Å². The van der Waals surface area contributed by atoms with Crippen molar-refractivity contribution >= 4 is 40.9 Å². The fourth-order valence-electron chi connectivity index (χ4n) is 2.18. The molecule has 1 saturated heterocycles. The van der Waals surface area contributed by atoms with E-state index in [0.29, 0.717) is 5.69 Å². The number of hydrogen-bond donors (Lipinski definition) is 1. The smallest absolute Gasteiger partial charge is 0.270 e. The topological polar surface area (TPSA) is 49.4 Å². The van der Waals surface area contributed by atoms with E-state index in [1.165, 1.54) is 4.90 Å². The molecule has 1 aliphatic heterocycles. The summed E-state index contributed by atoms with van der Waals surface area (Å²) in [6, 6.07) is 18.2. The predicted molar refractivity (Wildman–Crippen MR) is 89.1 cm³/mol. The minimum Gasteiger partial charge on any atom is -0.298 e. The molecule has 1 fully saturated rings. The van der Waals surface area contributed by atoms with E-state index in [4.69, 9.17) is 12.2 Å². The van der Waals surface area contributed by atoms with Crippen molar-refractivity contribution in [2.45, 2.75) is 0 Å². The van der Waals surface area contributed by atoms with Crippen molar-refractivity contribution in [2.24, 2.45) is 0 Å². The first-order valence-electron chi connectivity index (χ1n) is 6.68. The number of nitrogens with zero attached hydrogens (tertiary/aromatic N) is 1. The second-order valence-corrected chi connectivity index (χ2v) is 5.09. The first-order chi connectivity index (χ1) is 10.7. The third-order valence-electron chi connectivity index (χ3n) is 3.23. The Hall–Kier alpha value is -2.79. The molecule has 0 bridgehead atoms. The van der Waals surface area contributed by atoms with Crippen LogP contribution in [0, 0.1) is 0 Å². The highest BCUT2D eigenvalue weighted by Gasteiger charge is 2.34. The SMILES string of the molecule is O=C1NC(=S)N(c2ccccc2)C(=O)/C1=C\c1ccccc1. The minimum absolute atomic E-state index is 0.0589. The molecule has 0 atom stereocenters. The summed E-state index contributed by atoms with van der Waals surface area (Å²) < 4.78 is 0. The van der Waals surface area contributed by atoms with E-state index in [9.17, 15) is 9.59 Å². The van der Waals surface area contributed by atoms with Crippen molar-refractivity contribution in [3.63, 3.8) is 0 Å². The monoisotopic (exact) mass is 308 g/mol. The fraction of sp³-hybridized carbons (Fsp3) is 0. The van der Waals surface area contributed by atoms with Gasteiger partial charge in [0.1, 0.15) is 5.57 Å². The summed E-state index contributed by atoms with van der Waals surface area (Å²) in [4.78, 5) is 26.1. The third-order valence-corrected chi connectivity index (χ3v) is 3.51. The van der Waals surface area contributed by atoms with Crippen LogP contribution in [0.25, 0.3) is 6.08 Å². The van der Waals surface area contributed by atoms with Crippen molar-refractivity contribution in [3.05, 3.63) is 71.8 Å². The molecule has 3 rings (SSSR count). The van der Waals surface area contributed by atoms with Crippen LogP contribution in [0.1, 0.15) is 5.56 Å². The van der Waals surface area contributed by atoms with Crippen molar-refractivity contribution in [3.8, 4) is 0 Å². The largest absolute Gasteiger partial charge is 0.298 e. The van der Waals surface area contributed by atoms with Gasteiger partial charge in [0, 0.05) is 0 Å². The van der Waals surface area contributed by atoms with Gasteiger partial charge in [-0.2, -0.15) is 0 Å². The van der Waals surface area contributed by atoms with Crippen molar-refractivity contribution in [2.75, 3.05) is 4.90 Å². The molecule has 2 aromatic rings. The lowest BCUT2D eigenvalue weighted by atomic mass is 10.1. The van der Waals surface area contributed by atoms with E-state index in [1.54, 1.807) is 18.2 Å². The summed E-state index contributed by atoms with van der Waals surface area (Å²) in [6.45, 7) is 0. The lowest BCUT2D eigenvalue weighted by Gasteiger charge is -2.28. The molecule has 1 heterocycles. The first kappa shape index (κ1) is 14.2. The van der Waals surface area contributed by atoms with E-state index in [-0.39, 0.29) is 10.7 Å². The molecular formula is C17H12N2O2S. The van der Waals surface area contributed by atoms with Gasteiger partial charge in [-0.25, -0.2) is 0 Å². The molecule has 2 aromatic carbocycles. The molecule has 0 saturated carbocycles. The molecule has 0 spiro atoms. The molecule has 0 radical (unpaired) electrons. The maximum atomic E-state index is 12.7. The lowest BCUT2D eigenvalue weighted by Crippen LogP contribution is -2.54. The standard InChI is InChI=1S/C17H12N2O2S/c20-15-14(11-12-7-3-1-4-8-12)16(21)19(17(22)18-15)13-9-5-2-6-10-13/h1-11H,(H,18,20,22)/b14-11-. The molecule has 1 aliphatic rings. The molecule has 108 valence electrons. The highest BCUT2D eigenvalue weighted by molar-refractivity contribution is 7.80. The molecule has 1 N–H and O–H groups in total. The number of amides is 2. The summed E-state index contributed by atoms with van der Waals surface area (Å²) >= 11 is 5.13. The lowest BCUT2D eigenvalue weighted by molar-refractivity contribution is -0.122. The van der Waals surface area contributed by atoms with E-state index >= 15 is 0 Å². The number of thiocarbonyl (C=S) groups is 1. The zero-order valence-electron chi connectivity index (χ0n) is 11.5. The Morgan fingerprint density at radius 3 is 2.14 bits per heavy atom. The van der Waals surface area contributed by atoms with Crippen molar-refractivity contribution < 1.29 is 9.59 Å². The number of anilines is 1. The summed E-state index contributed by atoms with van der Waals surface area (Å²) in [5.41, 5.74) is 1.46. The fourth-order valence-corrected chi connectivity index (χ4v) is 2.47. The van der Waals surface area contributed by atoms with Crippen LogP contribution in [0.15, 0.2) is 66.2 Å². The van der Waals surface area contributed by atoms with E-state index in [1.807, 2.05) is 48.5 Å². The molecule has 5 heteroatoms. The molecule has 0 unspecified atom stereocenters. The second-order valence-electron chi connectivity index (χ2n) is 4.70. The second kappa shape index (κ2) is 5.91. The number of nitrogens with one attached hydrogen (secondary N) is 1. The number of benzene rings is 2. The van der Waals surface area contributed by atoms with Crippen LogP contribution in [0.2, 0.25) is 0 Å². The molecule has 2 amide bonds. The van der Waals surface area contributed by atoms with Gasteiger partial charge < -0.3 is 0 Å². The number of para-hydroxylation sites is 1. The first-order valence-corrected chi connectivity index (χ1v) is 7.09. The minimum atomic E-state index is -0.481. The number of carbonyl (C=O) groups excluding carboxylic acids is 2. The van der Waals surface area contributed by atoms with Crippen LogP contribution in [-0.2, 0) is 9.59 Å². The Labute approximate surface area is 133 Å². The quantitative estimate of drug-likeness (QED) is 0.527. The van der Waals surface area contributed by atoms with Gasteiger partial charge in [0.2, 0.25) is 0 Å². The van der Waals surface area contributed by atoms with Crippen LogP contribution in [-0.4, -0.2) is 16.9 Å². The van der Waals surface area contributed by atoms with Crippen LogP contribution >= 0.6 is 12.2 Å². The summed E-state index contributed by atoms with van der Waals surface area (Å²) in [5.74, 6) is -0.908. The van der Waals surface area contributed by atoms with E-state index < -0.39 is 11.8 Å².